The van der Waals surface area contributed by atoms with Gasteiger partial charge >= 0.3 is 5.97 Å². The summed E-state index contributed by atoms with van der Waals surface area (Å²) >= 11 is 0. The molecular formula is C21H24N2O6. The molecular weight excluding hydrogens is 376 g/mol. The number of methoxy groups -OCH3 is 2. The molecule has 2 rings (SSSR count). The lowest BCUT2D eigenvalue weighted by Crippen LogP contribution is -2.41. The average Bonchev–Trinajstić information content (AvgIpc) is 2.75. The lowest BCUT2D eigenvalue weighted by molar-refractivity contribution is -0.385. The summed E-state index contributed by atoms with van der Waals surface area (Å²) < 4.78 is 9.83. The van der Waals surface area contributed by atoms with Crippen molar-refractivity contribution >= 4 is 17.6 Å². The first-order chi connectivity index (χ1) is 13.9. The maximum atomic E-state index is 12.7. The molecule has 1 atom stereocenters. The lowest BCUT2D eigenvalue weighted by atomic mass is 10.0. The summed E-state index contributed by atoms with van der Waals surface area (Å²) in [5.74, 6) is -0.603. The van der Waals surface area contributed by atoms with E-state index < -0.39 is 22.8 Å². The van der Waals surface area contributed by atoms with Crippen molar-refractivity contribution in [2.24, 2.45) is 0 Å². The van der Waals surface area contributed by atoms with E-state index in [1.807, 2.05) is 6.92 Å². The molecule has 29 heavy (non-hydrogen) atoms. The highest BCUT2D eigenvalue weighted by Crippen LogP contribution is 2.28. The third kappa shape index (κ3) is 5.54. The average molecular weight is 400 g/mol. The summed E-state index contributed by atoms with van der Waals surface area (Å²) in [6, 6.07) is 10.5. The summed E-state index contributed by atoms with van der Waals surface area (Å²) in [7, 11) is 2.79. The van der Waals surface area contributed by atoms with E-state index in [1.54, 1.807) is 37.4 Å². The number of hydrogen-bond acceptors (Lipinski definition) is 6. The van der Waals surface area contributed by atoms with Crippen molar-refractivity contribution in [3.63, 3.8) is 0 Å². The fourth-order valence-corrected chi connectivity index (χ4v) is 2.87. The van der Waals surface area contributed by atoms with E-state index >= 15 is 0 Å². The number of esters is 1. The van der Waals surface area contributed by atoms with E-state index in [0.29, 0.717) is 24.2 Å². The Hall–Kier alpha value is -3.42. The molecule has 0 spiro atoms. The quantitative estimate of drug-likeness (QED) is 0.390. The number of nitrogens with one attached hydrogen (secondary N) is 1. The number of amides is 1. The first-order valence-electron chi connectivity index (χ1n) is 9.22. The Labute approximate surface area is 169 Å². The van der Waals surface area contributed by atoms with Crippen molar-refractivity contribution in [1.82, 2.24) is 5.32 Å². The maximum Gasteiger partial charge on any atom is 0.328 e. The minimum absolute atomic E-state index is 0.113. The monoisotopic (exact) mass is 400 g/mol. The highest BCUT2D eigenvalue weighted by atomic mass is 16.6. The Morgan fingerprint density at radius 2 is 1.76 bits per heavy atom. The Bertz CT molecular complexity index is 879. The zero-order valence-corrected chi connectivity index (χ0v) is 16.6. The van der Waals surface area contributed by atoms with Crippen molar-refractivity contribution in [2.75, 3.05) is 14.2 Å². The molecule has 0 unspecified atom stereocenters. The second kappa shape index (κ2) is 10.2. The van der Waals surface area contributed by atoms with Crippen LogP contribution in [-0.4, -0.2) is 37.1 Å². The zero-order valence-electron chi connectivity index (χ0n) is 16.6. The number of unbranched alkanes of at least 4 members (excludes halogenated alkanes) is 1. The van der Waals surface area contributed by atoms with E-state index in [2.05, 4.69) is 5.32 Å². The van der Waals surface area contributed by atoms with Crippen LogP contribution >= 0.6 is 0 Å². The Morgan fingerprint density at radius 3 is 2.31 bits per heavy atom. The molecule has 1 amide bonds. The van der Waals surface area contributed by atoms with Gasteiger partial charge < -0.3 is 14.8 Å². The molecule has 0 fully saturated rings. The number of benzene rings is 2. The van der Waals surface area contributed by atoms with Crippen LogP contribution in [-0.2, 0) is 9.53 Å². The van der Waals surface area contributed by atoms with Gasteiger partial charge in [0, 0.05) is 6.07 Å². The van der Waals surface area contributed by atoms with Crippen LogP contribution in [0.4, 0.5) is 5.69 Å². The van der Waals surface area contributed by atoms with Gasteiger partial charge in [0.05, 0.1) is 19.1 Å². The van der Waals surface area contributed by atoms with Crippen molar-refractivity contribution in [3.05, 3.63) is 58.1 Å². The van der Waals surface area contributed by atoms with Crippen LogP contribution in [0.15, 0.2) is 42.5 Å². The molecule has 0 saturated carbocycles. The summed E-state index contributed by atoms with van der Waals surface area (Å²) in [5, 5.41) is 14.1. The zero-order chi connectivity index (χ0) is 21.4. The van der Waals surface area contributed by atoms with Crippen molar-refractivity contribution in [1.29, 1.82) is 0 Å². The molecule has 0 radical (unpaired) electrons. The predicted molar refractivity (Wildman–Crippen MR) is 108 cm³/mol. The van der Waals surface area contributed by atoms with E-state index in [4.69, 9.17) is 9.47 Å². The molecule has 154 valence electrons. The van der Waals surface area contributed by atoms with Gasteiger partial charge in [0.25, 0.3) is 11.6 Å². The highest BCUT2D eigenvalue weighted by Gasteiger charge is 2.26. The number of rotatable bonds is 9. The molecule has 0 saturated heterocycles. The van der Waals surface area contributed by atoms with Gasteiger partial charge in [0.1, 0.15) is 17.4 Å². The number of carbonyl (C=O) groups excluding carboxylic acids is 2. The van der Waals surface area contributed by atoms with Crippen molar-refractivity contribution in [2.45, 2.75) is 32.2 Å². The minimum Gasteiger partial charge on any atom is -0.497 e. The van der Waals surface area contributed by atoms with Gasteiger partial charge in [-0.05, 0) is 35.7 Å². The molecule has 0 aliphatic rings. The molecule has 2 aromatic carbocycles. The summed E-state index contributed by atoms with van der Waals surface area (Å²) in [6.45, 7) is 1.96. The van der Waals surface area contributed by atoms with Crippen LogP contribution in [0.2, 0.25) is 0 Å². The van der Waals surface area contributed by atoms with Crippen molar-refractivity contribution < 1.29 is 24.0 Å². The number of nitrogens with zero attached hydrogens (tertiary/aromatic N) is 1. The van der Waals surface area contributed by atoms with E-state index in [-0.39, 0.29) is 11.3 Å². The van der Waals surface area contributed by atoms with Gasteiger partial charge in [0.15, 0.2) is 0 Å². The molecule has 8 nitrogen and oxygen atoms in total. The van der Waals surface area contributed by atoms with Crippen LogP contribution in [0.25, 0.3) is 11.1 Å². The first-order valence-corrected chi connectivity index (χ1v) is 9.22. The predicted octanol–water partition coefficient (Wildman–Crippen LogP) is 3.73. The van der Waals surface area contributed by atoms with Gasteiger partial charge in [-0.25, -0.2) is 4.79 Å². The fourth-order valence-electron chi connectivity index (χ4n) is 2.87. The SMILES string of the molecule is CCCC[C@@H](NC(=O)c1ccc(-c2ccc(OC)cc2)cc1[N+](=O)[O-])C(=O)OC. The van der Waals surface area contributed by atoms with Crippen LogP contribution in [0, 0.1) is 10.1 Å². The fraction of sp³-hybridized carbons (Fsp3) is 0.333. The summed E-state index contributed by atoms with van der Waals surface area (Å²) in [4.78, 5) is 35.5. The minimum atomic E-state index is -0.853. The van der Waals surface area contributed by atoms with Gasteiger partial charge in [-0.15, -0.1) is 0 Å². The molecule has 0 aromatic heterocycles. The molecule has 0 aliphatic heterocycles. The van der Waals surface area contributed by atoms with Gasteiger partial charge in [-0.2, -0.15) is 0 Å². The molecule has 8 heteroatoms. The summed E-state index contributed by atoms with van der Waals surface area (Å²) in [5.41, 5.74) is 0.884. The standard InChI is InChI=1S/C21H24N2O6/c1-4-5-6-18(21(25)29-3)22-20(24)17-12-9-15(13-19(17)23(26)27)14-7-10-16(28-2)11-8-14/h7-13,18H,4-6H2,1-3H3,(H,22,24)/t18-/m1/s1. The number of nitro groups is 1. The van der Waals surface area contributed by atoms with Gasteiger partial charge in [-0.1, -0.05) is 38.0 Å². The van der Waals surface area contributed by atoms with E-state index in [9.17, 15) is 19.7 Å². The molecule has 1 N–H and O–H groups in total. The number of hydrogen-bond donors (Lipinski definition) is 1. The van der Waals surface area contributed by atoms with Crippen LogP contribution in [0.1, 0.15) is 36.5 Å². The molecule has 0 heterocycles. The highest BCUT2D eigenvalue weighted by molar-refractivity contribution is 6.00. The Balaban J connectivity index is 2.32. The largest absolute Gasteiger partial charge is 0.497 e. The molecule has 2 aromatic rings. The Kier molecular flexibility index (Phi) is 7.70. The summed E-state index contributed by atoms with van der Waals surface area (Å²) in [6.07, 6.45) is 1.94. The number of nitro benzene ring substituents is 1. The Morgan fingerprint density at radius 1 is 1.10 bits per heavy atom. The third-order valence-electron chi connectivity index (χ3n) is 4.50. The lowest BCUT2D eigenvalue weighted by Gasteiger charge is -2.16. The van der Waals surface area contributed by atoms with Crippen LogP contribution in [0.3, 0.4) is 0 Å². The normalized spacial score (nSPS) is 11.4. The first kappa shape index (κ1) is 21.9. The smallest absolute Gasteiger partial charge is 0.328 e. The topological polar surface area (TPSA) is 108 Å². The molecule has 0 bridgehead atoms. The van der Waals surface area contributed by atoms with Crippen LogP contribution < -0.4 is 10.1 Å². The second-order valence-corrected chi connectivity index (χ2v) is 6.41. The molecule has 0 aliphatic carbocycles. The number of carbonyl (C=O) groups is 2. The maximum absolute atomic E-state index is 12.7. The number of ether oxygens (including phenoxy) is 2. The van der Waals surface area contributed by atoms with E-state index in [1.165, 1.54) is 19.2 Å². The van der Waals surface area contributed by atoms with Gasteiger partial charge in [0.2, 0.25) is 0 Å². The van der Waals surface area contributed by atoms with Gasteiger partial charge in [-0.3, -0.25) is 14.9 Å². The van der Waals surface area contributed by atoms with Crippen LogP contribution in [0.5, 0.6) is 5.75 Å². The van der Waals surface area contributed by atoms with Crippen molar-refractivity contribution in [3.8, 4) is 16.9 Å². The third-order valence-corrected chi connectivity index (χ3v) is 4.50. The second-order valence-electron chi connectivity index (χ2n) is 6.41. The van der Waals surface area contributed by atoms with E-state index in [0.717, 1.165) is 12.0 Å².